The van der Waals surface area contributed by atoms with Gasteiger partial charge in [0.25, 0.3) is 11.8 Å². The molecule has 4 rings (SSSR count). The van der Waals surface area contributed by atoms with Gasteiger partial charge < -0.3 is 15.5 Å². The molecule has 0 aliphatic carbocycles. The van der Waals surface area contributed by atoms with Gasteiger partial charge in [0.2, 0.25) is 0 Å². The first-order valence-corrected chi connectivity index (χ1v) is 8.72. The van der Waals surface area contributed by atoms with Crippen LogP contribution in [0.4, 0.5) is 4.39 Å². The number of carbonyl (C=O) groups is 2. The highest BCUT2D eigenvalue weighted by atomic mass is 19.1. The molecule has 1 atom stereocenters. The lowest BCUT2D eigenvalue weighted by molar-refractivity contribution is 0.0933. The molecule has 0 saturated heterocycles. The smallest absolute Gasteiger partial charge is 0.271 e. The van der Waals surface area contributed by atoms with Crippen molar-refractivity contribution in [3.8, 4) is 11.5 Å². The lowest BCUT2D eigenvalue weighted by Crippen LogP contribution is -2.28. The second kappa shape index (κ2) is 7.19. The van der Waals surface area contributed by atoms with Crippen LogP contribution in [0.15, 0.2) is 59.5 Å². The third-order valence-corrected chi connectivity index (χ3v) is 4.44. The number of halogens is 1. The topological polar surface area (TPSA) is 116 Å². The number of hydrogen-bond donors (Lipinski definition) is 2. The van der Waals surface area contributed by atoms with Gasteiger partial charge in [0.1, 0.15) is 17.8 Å². The largest absolute Gasteiger partial charge is 0.463 e. The third-order valence-electron chi connectivity index (χ3n) is 4.44. The third kappa shape index (κ3) is 3.45. The van der Waals surface area contributed by atoms with E-state index in [9.17, 15) is 14.0 Å². The molecule has 146 valence electrons. The molecule has 0 saturated carbocycles. The van der Waals surface area contributed by atoms with Crippen LogP contribution in [0, 0.1) is 5.82 Å². The molecule has 1 unspecified atom stereocenters. The second-order valence-corrected chi connectivity index (χ2v) is 6.41. The lowest BCUT2D eigenvalue weighted by Gasteiger charge is -2.15. The first-order chi connectivity index (χ1) is 13.9. The van der Waals surface area contributed by atoms with Gasteiger partial charge in [0.05, 0.1) is 18.0 Å². The number of aromatic nitrogens is 3. The van der Waals surface area contributed by atoms with Crippen molar-refractivity contribution in [3.05, 3.63) is 77.8 Å². The zero-order valence-corrected chi connectivity index (χ0v) is 15.3. The van der Waals surface area contributed by atoms with Gasteiger partial charge in [-0.2, -0.15) is 0 Å². The van der Waals surface area contributed by atoms with E-state index in [2.05, 4.69) is 15.3 Å². The Bertz CT molecular complexity index is 1220. The standard InChI is InChI=1S/C20H16FN5O3/c1-11(12-4-2-5-13(21)8-12)24-20(28)14-9-15(16-6-3-7-29-16)26-10-23-17(18(22)27)19(26)25-14/h2-11H,1H3,(H2,22,27)(H,24,28). The van der Waals surface area contributed by atoms with Crippen molar-refractivity contribution < 1.29 is 18.4 Å². The summed E-state index contributed by atoms with van der Waals surface area (Å²) in [4.78, 5) is 32.8. The Morgan fingerprint density at radius 3 is 2.76 bits per heavy atom. The molecule has 29 heavy (non-hydrogen) atoms. The highest BCUT2D eigenvalue weighted by Gasteiger charge is 2.21. The quantitative estimate of drug-likeness (QED) is 0.541. The van der Waals surface area contributed by atoms with Crippen LogP contribution >= 0.6 is 0 Å². The Morgan fingerprint density at radius 2 is 2.07 bits per heavy atom. The second-order valence-electron chi connectivity index (χ2n) is 6.41. The van der Waals surface area contributed by atoms with E-state index in [0.29, 0.717) is 17.0 Å². The van der Waals surface area contributed by atoms with Crippen LogP contribution in [0.3, 0.4) is 0 Å². The first-order valence-electron chi connectivity index (χ1n) is 8.72. The van der Waals surface area contributed by atoms with E-state index in [1.165, 1.54) is 35.2 Å². The van der Waals surface area contributed by atoms with E-state index < -0.39 is 23.7 Å². The Morgan fingerprint density at radius 1 is 1.24 bits per heavy atom. The predicted octanol–water partition coefficient (Wildman–Crippen LogP) is 2.72. The zero-order valence-electron chi connectivity index (χ0n) is 15.3. The Labute approximate surface area is 164 Å². The van der Waals surface area contributed by atoms with Crippen molar-refractivity contribution in [2.75, 3.05) is 0 Å². The van der Waals surface area contributed by atoms with Crippen LogP contribution in [0.25, 0.3) is 17.1 Å². The van der Waals surface area contributed by atoms with Gasteiger partial charge in [-0.3, -0.25) is 14.0 Å². The van der Waals surface area contributed by atoms with Crippen molar-refractivity contribution in [2.45, 2.75) is 13.0 Å². The van der Waals surface area contributed by atoms with Crippen LogP contribution in [-0.2, 0) is 0 Å². The zero-order chi connectivity index (χ0) is 20.5. The minimum absolute atomic E-state index is 0.0372. The number of nitrogens with zero attached hydrogens (tertiary/aromatic N) is 3. The molecule has 1 aromatic carbocycles. The fourth-order valence-electron chi connectivity index (χ4n) is 3.00. The van der Waals surface area contributed by atoms with E-state index >= 15 is 0 Å². The Balaban J connectivity index is 1.75. The summed E-state index contributed by atoms with van der Waals surface area (Å²) in [5.41, 5.74) is 6.56. The number of nitrogens with one attached hydrogen (secondary N) is 1. The highest BCUT2D eigenvalue weighted by molar-refractivity contribution is 5.99. The van der Waals surface area contributed by atoms with Gasteiger partial charge in [-0.05, 0) is 42.8 Å². The summed E-state index contributed by atoms with van der Waals surface area (Å²) in [5, 5.41) is 2.77. The molecule has 0 bridgehead atoms. The summed E-state index contributed by atoms with van der Waals surface area (Å²) >= 11 is 0. The molecular weight excluding hydrogens is 377 g/mol. The van der Waals surface area contributed by atoms with Crippen LogP contribution < -0.4 is 11.1 Å². The first kappa shape index (κ1) is 18.4. The van der Waals surface area contributed by atoms with Gasteiger partial charge in [0, 0.05) is 0 Å². The summed E-state index contributed by atoms with van der Waals surface area (Å²) in [6.07, 6.45) is 2.87. The number of nitrogens with two attached hydrogens (primary N) is 1. The molecule has 0 fully saturated rings. The van der Waals surface area contributed by atoms with Crippen molar-refractivity contribution >= 4 is 17.5 Å². The summed E-state index contributed by atoms with van der Waals surface area (Å²) in [6.45, 7) is 1.73. The Hall–Kier alpha value is -4.01. The number of carbonyl (C=O) groups excluding carboxylic acids is 2. The maximum atomic E-state index is 13.5. The molecule has 3 heterocycles. The fraction of sp³-hybridized carbons (Fsp3) is 0.100. The van der Waals surface area contributed by atoms with Crippen LogP contribution in [0.2, 0.25) is 0 Å². The Kier molecular flexibility index (Phi) is 4.55. The van der Waals surface area contributed by atoms with Crippen molar-refractivity contribution in [1.29, 1.82) is 0 Å². The van der Waals surface area contributed by atoms with Gasteiger partial charge in [-0.1, -0.05) is 12.1 Å². The lowest BCUT2D eigenvalue weighted by atomic mass is 10.1. The maximum Gasteiger partial charge on any atom is 0.271 e. The number of primary amides is 1. The van der Waals surface area contributed by atoms with Crippen molar-refractivity contribution in [1.82, 2.24) is 19.7 Å². The van der Waals surface area contributed by atoms with E-state index in [1.54, 1.807) is 31.2 Å². The molecule has 4 aromatic rings. The number of benzene rings is 1. The SMILES string of the molecule is CC(NC(=O)c1cc(-c2ccco2)n2cnc(C(N)=O)c2n1)c1cccc(F)c1. The maximum absolute atomic E-state index is 13.5. The number of rotatable bonds is 5. The molecule has 2 amide bonds. The normalized spacial score (nSPS) is 12.1. The predicted molar refractivity (Wildman–Crippen MR) is 101 cm³/mol. The van der Waals surface area contributed by atoms with Crippen molar-refractivity contribution in [3.63, 3.8) is 0 Å². The van der Waals surface area contributed by atoms with Crippen LogP contribution in [-0.4, -0.2) is 26.2 Å². The summed E-state index contributed by atoms with van der Waals surface area (Å²) in [7, 11) is 0. The highest BCUT2D eigenvalue weighted by Crippen LogP contribution is 2.24. The van der Waals surface area contributed by atoms with Crippen molar-refractivity contribution in [2.24, 2.45) is 5.73 Å². The molecule has 9 heteroatoms. The molecule has 3 N–H and O–H groups in total. The number of imidazole rings is 1. The van der Waals surface area contributed by atoms with Gasteiger partial charge in [-0.15, -0.1) is 0 Å². The van der Waals surface area contributed by atoms with E-state index in [1.807, 2.05) is 0 Å². The summed E-state index contributed by atoms with van der Waals surface area (Å²) in [6, 6.07) is 10.4. The minimum Gasteiger partial charge on any atom is -0.463 e. The van der Waals surface area contributed by atoms with Gasteiger partial charge in [0.15, 0.2) is 17.1 Å². The molecule has 0 aliphatic rings. The molecule has 0 aliphatic heterocycles. The van der Waals surface area contributed by atoms with E-state index in [4.69, 9.17) is 10.2 Å². The molecule has 8 nitrogen and oxygen atoms in total. The number of hydrogen-bond acceptors (Lipinski definition) is 5. The number of amides is 2. The van der Waals surface area contributed by atoms with Crippen LogP contribution in [0.1, 0.15) is 39.5 Å². The molecular formula is C20H16FN5O3. The molecule has 3 aromatic heterocycles. The molecule has 0 spiro atoms. The van der Waals surface area contributed by atoms with E-state index in [0.717, 1.165) is 0 Å². The fourth-order valence-corrected chi connectivity index (χ4v) is 3.00. The number of furan rings is 1. The number of fused-ring (bicyclic) bond motifs is 1. The summed E-state index contributed by atoms with van der Waals surface area (Å²) in [5.74, 6) is -1.21. The van der Waals surface area contributed by atoms with E-state index in [-0.39, 0.29) is 17.0 Å². The van der Waals surface area contributed by atoms with Gasteiger partial charge >= 0.3 is 0 Å². The monoisotopic (exact) mass is 393 g/mol. The van der Waals surface area contributed by atoms with Crippen LogP contribution in [0.5, 0.6) is 0 Å². The minimum atomic E-state index is -0.768. The molecule has 0 radical (unpaired) electrons. The van der Waals surface area contributed by atoms with Gasteiger partial charge in [-0.25, -0.2) is 14.4 Å². The average Bonchev–Trinajstić information content (AvgIpc) is 3.37. The summed E-state index contributed by atoms with van der Waals surface area (Å²) < 4.78 is 20.4. The average molecular weight is 393 g/mol.